The molecule has 0 unspecified atom stereocenters. The van der Waals surface area contributed by atoms with E-state index in [1.807, 2.05) is 0 Å². The second-order valence-electron chi connectivity index (χ2n) is 4.73. The van der Waals surface area contributed by atoms with E-state index < -0.39 is 9.84 Å². The molecule has 3 aromatic heterocycles. The smallest absolute Gasteiger partial charge is 0.177 e. The predicted molar refractivity (Wildman–Crippen MR) is 87.7 cm³/mol. The average Bonchev–Trinajstić information content (AvgIpc) is 2.95. The van der Waals surface area contributed by atoms with Crippen LogP contribution in [0.4, 0.5) is 0 Å². The molecule has 0 bridgehead atoms. The molecule has 0 saturated carbocycles. The highest BCUT2D eigenvalue weighted by Crippen LogP contribution is 2.33. The van der Waals surface area contributed by atoms with Crippen LogP contribution in [0.5, 0.6) is 0 Å². The Hall–Kier alpha value is -1.96. The largest absolute Gasteiger partial charge is 0.283 e. The molecule has 6 nitrogen and oxygen atoms in total. The first kappa shape index (κ1) is 15.9. The van der Waals surface area contributed by atoms with Crippen molar-refractivity contribution < 1.29 is 8.42 Å². The summed E-state index contributed by atoms with van der Waals surface area (Å²) in [4.78, 5) is 12.4. The van der Waals surface area contributed by atoms with Crippen molar-refractivity contribution in [1.29, 1.82) is 0 Å². The van der Waals surface area contributed by atoms with E-state index in [-0.39, 0.29) is 10.0 Å². The molecule has 0 aliphatic carbocycles. The van der Waals surface area contributed by atoms with Gasteiger partial charge in [0.1, 0.15) is 17.3 Å². The SMILES string of the molecule is CS(=O)(=O)c1ccc(-n2cncc2-c2c(Cl)ccnc2Cl)nc1. The van der Waals surface area contributed by atoms with Gasteiger partial charge in [0.25, 0.3) is 0 Å². The molecule has 0 atom stereocenters. The molecule has 23 heavy (non-hydrogen) atoms. The number of hydrogen-bond donors (Lipinski definition) is 0. The molecule has 0 spiro atoms. The molecule has 0 amide bonds. The Kier molecular flexibility index (Phi) is 4.09. The van der Waals surface area contributed by atoms with Gasteiger partial charge >= 0.3 is 0 Å². The highest BCUT2D eigenvalue weighted by Gasteiger charge is 2.16. The summed E-state index contributed by atoms with van der Waals surface area (Å²) in [5.41, 5.74) is 1.13. The zero-order chi connectivity index (χ0) is 16.6. The zero-order valence-electron chi connectivity index (χ0n) is 11.8. The summed E-state index contributed by atoms with van der Waals surface area (Å²) < 4.78 is 24.7. The van der Waals surface area contributed by atoms with E-state index in [0.29, 0.717) is 22.1 Å². The molecular weight excluding hydrogens is 359 g/mol. The van der Waals surface area contributed by atoms with Crippen LogP contribution in [-0.4, -0.2) is 34.2 Å². The number of nitrogens with zero attached hydrogens (tertiary/aromatic N) is 4. The van der Waals surface area contributed by atoms with E-state index in [2.05, 4.69) is 15.0 Å². The van der Waals surface area contributed by atoms with Crippen LogP contribution >= 0.6 is 23.2 Å². The van der Waals surface area contributed by atoms with Crippen LogP contribution < -0.4 is 0 Å². The fourth-order valence-electron chi connectivity index (χ4n) is 2.04. The molecule has 0 aromatic carbocycles. The molecule has 0 N–H and O–H groups in total. The third kappa shape index (κ3) is 3.08. The van der Waals surface area contributed by atoms with Gasteiger partial charge in [-0.3, -0.25) is 4.57 Å². The second kappa shape index (κ2) is 5.92. The Bertz CT molecular complexity index is 948. The minimum atomic E-state index is -3.30. The molecule has 118 valence electrons. The maximum atomic E-state index is 11.5. The molecule has 3 heterocycles. The van der Waals surface area contributed by atoms with Crippen LogP contribution in [0.15, 0.2) is 48.0 Å². The van der Waals surface area contributed by atoms with Crippen molar-refractivity contribution in [2.45, 2.75) is 4.90 Å². The number of hydrogen-bond acceptors (Lipinski definition) is 5. The summed E-state index contributed by atoms with van der Waals surface area (Å²) in [6, 6.07) is 4.69. The van der Waals surface area contributed by atoms with E-state index in [0.717, 1.165) is 6.26 Å². The van der Waals surface area contributed by atoms with Gasteiger partial charge in [0.15, 0.2) is 9.84 Å². The first-order valence-corrected chi connectivity index (χ1v) is 9.02. The Morgan fingerprint density at radius 1 is 1.09 bits per heavy atom. The summed E-state index contributed by atoms with van der Waals surface area (Å²) in [5.74, 6) is 0.487. The van der Waals surface area contributed by atoms with Gasteiger partial charge in [0.05, 0.1) is 27.4 Å². The van der Waals surface area contributed by atoms with Crippen molar-refractivity contribution >= 4 is 33.0 Å². The lowest BCUT2D eigenvalue weighted by atomic mass is 10.2. The Balaban J connectivity index is 2.12. The molecule has 0 radical (unpaired) electrons. The van der Waals surface area contributed by atoms with Crippen LogP contribution in [0.25, 0.3) is 17.1 Å². The molecule has 3 aromatic rings. The Morgan fingerprint density at radius 2 is 1.87 bits per heavy atom. The van der Waals surface area contributed by atoms with Crippen molar-refractivity contribution in [2.24, 2.45) is 0 Å². The van der Waals surface area contributed by atoms with E-state index in [1.54, 1.807) is 22.9 Å². The standard InChI is InChI=1S/C14H10Cl2N4O2S/c1-23(21,22)9-2-3-12(19-6-9)20-8-17-7-11(20)13-10(15)4-5-18-14(13)16/h2-8H,1H3. The number of aromatic nitrogens is 4. The monoisotopic (exact) mass is 368 g/mol. The molecular formula is C14H10Cl2N4O2S. The predicted octanol–water partition coefficient (Wildman–Crippen LogP) is 3.04. The summed E-state index contributed by atoms with van der Waals surface area (Å²) in [6.45, 7) is 0. The highest BCUT2D eigenvalue weighted by atomic mass is 35.5. The van der Waals surface area contributed by atoms with Crippen LogP contribution in [0.3, 0.4) is 0 Å². The van der Waals surface area contributed by atoms with Crippen LogP contribution in [0, 0.1) is 0 Å². The van der Waals surface area contributed by atoms with Crippen molar-refractivity contribution in [2.75, 3.05) is 6.26 Å². The quantitative estimate of drug-likeness (QED) is 0.663. The molecule has 9 heteroatoms. The third-order valence-corrected chi connectivity index (χ3v) is 4.84. The van der Waals surface area contributed by atoms with Crippen LogP contribution in [0.2, 0.25) is 10.2 Å². The Morgan fingerprint density at radius 3 is 2.48 bits per heavy atom. The normalized spacial score (nSPS) is 11.6. The molecule has 0 aliphatic heterocycles. The number of sulfone groups is 1. The van der Waals surface area contributed by atoms with Crippen molar-refractivity contribution in [3.8, 4) is 17.1 Å². The molecule has 3 rings (SSSR count). The second-order valence-corrected chi connectivity index (χ2v) is 7.51. The topological polar surface area (TPSA) is 77.7 Å². The molecule has 0 fully saturated rings. The summed E-state index contributed by atoms with van der Waals surface area (Å²) in [6.07, 6.45) is 7.05. The van der Waals surface area contributed by atoms with E-state index >= 15 is 0 Å². The number of pyridine rings is 2. The van der Waals surface area contributed by atoms with Gasteiger partial charge in [-0.2, -0.15) is 0 Å². The lowest BCUT2D eigenvalue weighted by Gasteiger charge is -2.10. The van der Waals surface area contributed by atoms with E-state index in [4.69, 9.17) is 23.2 Å². The van der Waals surface area contributed by atoms with Gasteiger partial charge in [0, 0.05) is 18.6 Å². The number of halogens is 2. The van der Waals surface area contributed by atoms with E-state index in [9.17, 15) is 8.42 Å². The first-order valence-electron chi connectivity index (χ1n) is 6.37. The molecule has 0 aliphatic rings. The fraction of sp³-hybridized carbons (Fsp3) is 0.0714. The zero-order valence-corrected chi connectivity index (χ0v) is 14.1. The van der Waals surface area contributed by atoms with Crippen molar-refractivity contribution in [3.63, 3.8) is 0 Å². The Labute approximate surface area is 142 Å². The van der Waals surface area contributed by atoms with E-state index in [1.165, 1.54) is 24.8 Å². The minimum Gasteiger partial charge on any atom is -0.283 e. The third-order valence-electron chi connectivity index (χ3n) is 3.14. The maximum absolute atomic E-state index is 11.5. The minimum absolute atomic E-state index is 0.139. The fourth-order valence-corrected chi connectivity index (χ4v) is 3.14. The lowest BCUT2D eigenvalue weighted by molar-refractivity contribution is 0.601. The number of imidazole rings is 1. The molecule has 0 saturated heterocycles. The van der Waals surface area contributed by atoms with Gasteiger partial charge in [0.2, 0.25) is 0 Å². The van der Waals surface area contributed by atoms with Crippen LogP contribution in [-0.2, 0) is 9.84 Å². The number of rotatable bonds is 3. The van der Waals surface area contributed by atoms with Gasteiger partial charge in [-0.15, -0.1) is 0 Å². The summed E-state index contributed by atoms with van der Waals surface area (Å²) >= 11 is 12.3. The summed E-state index contributed by atoms with van der Waals surface area (Å²) in [5, 5.41) is 0.673. The van der Waals surface area contributed by atoms with Crippen molar-refractivity contribution in [3.05, 3.63) is 53.3 Å². The van der Waals surface area contributed by atoms with Gasteiger partial charge in [-0.05, 0) is 18.2 Å². The van der Waals surface area contributed by atoms with Gasteiger partial charge in [-0.25, -0.2) is 23.4 Å². The highest BCUT2D eigenvalue weighted by molar-refractivity contribution is 7.90. The lowest BCUT2D eigenvalue weighted by Crippen LogP contribution is -2.02. The van der Waals surface area contributed by atoms with Gasteiger partial charge in [-0.1, -0.05) is 23.2 Å². The average molecular weight is 369 g/mol. The first-order chi connectivity index (χ1) is 10.9. The maximum Gasteiger partial charge on any atom is 0.177 e. The van der Waals surface area contributed by atoms with Crippen molar-refractivity contribution in [1.82, 2.24) is 19.5 Å². The van der Waals surface area contributed by atoms with Gasteiger partial charge < -0.3 is 0 Å². The summed E-state index contributed by atoms with van der Waals surface area (Å²) in [7, 11) is -3.30. The van der Waals surface area contributed by atoms with Crippen LogP contribution in [0.1, 0.15) is 0 Å².